The molecule has 1 N–H and O–H groups in total. The number of halogens is 2. The first-order valence-corrected chi connectivity index (χ1v) is 7.94. The normalized spacial score (nSPS) is 16.9. The average molecular weight is 340 g/mol. The Morgan fingerprint density at radius 1 is 1.45 bits per heavy atom. The molecule has 1 atom stereocenters. The van der Waals surface area contributed by atoms with Crippen molar-refractivity contribution in [3.63, 3.8) is 0 Å². The van der Waals surface area contributed by atoms with Gasteiger partial charge in [0.15, 0.2) is 0 Å². The van der Waals surface area contributed by atoms with Crippen LogP contribution in [0.15, 0.2) is 18.2 Å². The lowest BCUT2D eigenvalue weighted by Crippen LogP contribution is -2.49. The van der Waals surface area contributed by atoms with Crippen LogP contribution in [-0.2, 0) is 11.3 Å². The van der Waals surface area contributed by atoms with E-state index < -0.39 is 5.54 Å². The predicted octanol–water partition coefficient (Wildman–Crippen LogP) is 3.23. The molecule has 0 spiro atoms. The molecule has 0 aromatic heterocycles. The van der Waals surface area contributed by atoms with Crippen molar-refractivity contribution in [2.75, 3.05) is 13.6 Å². The third-order valence-corrected chi connectivity index (χ3v) is 4.61. The number of nitrogens with one attached hydrogen (secondary N) is 1. The number of nitriles is 1. The summed E-state index contributed by atoms with van der Waals surface area (Å²) in [7, 11) is 1.85. The van der Waals surface area contributed by atoms with Crippen molar-refractivity contribution in [3.8, 4) is 6.07 Å². The first kappa shape index (κ1) is 17.1. The molecule has 1 fully saturated rings. The fourth-order valence-electron chi connectivity index (χ4n) is 2.46. The number of nitrogens with zero attached hydrogens (tertiary/aromatic N) is 2. The van der Waals surface area contributed by atoms with Gasteiger partial charge < -0.3 is 5.32 Å². The Morgan fingerprint density at radius 2 is 2.14 bits per heavy atom. The Kier molecular flexibility index (Phi) is 5.33. The number of hydrogen-bond donors (Lipinski definition) is 1. The predicted molar refractivity (Wildman–Crippen MR) is 87.7 cm³/mol. The lowest BCUT2D eigenvalue weighted by Gasteiger charge is -2.25. The lowest BCUT2D eigenvalue weighted by molar-refractivity contribution is -0.123. The Morgan fingerprint density at radius 3 is 2.68 bits per heavy atom. The first-order valence-electron chi connectivity index (χ1n) is 7.19. The molecule has 1 aromatic carbocycles. The Bertz CT molecular complexity index is 610. The smallest absolute Gasteiger partial charge is 0.235 e. The van der Waals surface area contributed by atoms with Crippen LogP contribution in [0.4, 0.5) is 0 Å². The van der Waals surface area contributed by atoms with Crippen LogP contribution >= 0.6 is 23.2 Å². The van der Waals surface area contributed by atoms with Crippen LogP contribution in [0.25, 0.3) is 0 Å². The van der Waals surface area contributed by atoms with Gasteiger partial charge in [0.1, 0.15) is 5.54 Å². The molecule has 0 bridgehead atoms. The van der Waals surface area contributed by atoms with Gasteiger partial charge in [0.25, 0.3) is 0 Å². The molecule has 0 radical (unpaired) electrons. The molecule has 1 aliphatic rings. The highest BCUT2D eigenvalue weighted by molar-refractivity contribution is 6.42. The fourth-order valence-corrected chi connectivity index (χ4v) is 2.78. The van der Waals surface area contributed by atoms with Gasteiger partial charge in [-0.3, -0.25) is 9.69 Å². The maximum atomic E-state index is 12.1. The van der Waals surface area contributed by atoms with Gasteiger partial charge in [-0.25, -0.2) is 0 Å². The minimum atomic E-state index is -0.749. The van der Waals surface area contributed by atoms with Crippen molar-refractivity contribution < 1.29 is 4.79 Å². The molecule has 2 rings (SSSR count). The molecule has 0 aliphatic heterocycles. The van der Waals surface area contributed by atoms with Crippen LogP contribution < -0.4 is 5.32 Å². The highest BCUT2D eigenvalue weighted by atomic mass is 35.5. The first-order chi connectivity index (χ1) is 10.3. The summed E-state index contributed by atoms with van der Waals surface area (Å²) in [5.41, 5.74) is 0.233. The molecule has 1 saturated carbocycles. The summed E-state index contributed by atoms with van der Waals surface area (Å²) < 4.78 is 0. The largest absolute Gasteiger partial charge is 0.337 e. The fraction of sp³-hybridized carbons (Fsp3) is 0.500. The van der Waals surface area contributed by atoms with Crippen molar-refractivity contribution in [3.05, 3.63) is 33.8 Å². The van der Waals surface area contributed by atoms with E-state index in [9.17, 15) is 10.1 Å². The van der Waals surface area contributed by atoms with Crippen LogP contribution in [0.2, 0.25) is 10.0 Å². The number of likely N-dealkylation sites (N-methyl/N-ethyl adjacent to an activating group) is 1. The molecule has 1 amide bonds. The second-order valence-electron chi connectivity index (χ2n) is 6.06. The van der Waals surface area contributed by atoms with Gasteiger partial charge in [-0.05, 0) is 50.4 Å². The van der Waals surface area contributed by atoms with E-state index in [1.807, 2.05) is 18.0 Å². The minimum absolute atomic E-state index is 0.140. The van der Waals surface area contributed by atoms with Crippen LogP contribution in [0.1, 0.15) is 25.3 Å². The van der Waals surface area contributed by atoms with E-state index in [-0.39, 0.29) is 18.4 Å². The monoisotopic (exact) mass is 339 g/mol. The van der Waals surface area contributed by atoms with Crippen LogP contribution in [-0.4, -0.2) is 29.9 Å². The summed E-state index contributed by atoms with van der Waals surface area (Å²) in [5, 5.41) is 13.1. The van der Waals surface area contributed by atoms with E-state index in [1.165, 1.54) is 0 Å². The summed E-state index contributed by atoms with van der Waals surface area (Å²) in [4.78, 5) is 14.0. The number of benzene rings is 1. The van der Waals surface area contributed by atoms with Gasteiger partial charge in [0, 0.05) is 6.54 Å². The number of rotatable bonds is 6. The summed E-state index contributed by atoms with van der Waals surface area (Å²) in [6.07, 6.45) is 2.01. The number of amides is 1. The molecule has 0 unspecified atom stereocenters. The molecule has 6 heteroatoms. The van der Waals surface area contributed by atoms with Crippen molar-refractivity contribution in [1.29, 1.82) is 5.26 Å². The summed E-state index contributed by atoms with van der Waals surface area (Å²) in [6.45, 7) is 2.60. The van der Waals surface area contributed by atoms with Gasteiger partial charge in [-0.15, -0.1) is 0 Å². The standard InChI is InChI=1S/C16H19Cl2N3O/c1-16(10-19,12-4-5-12)20-15(22)9-21(2)8-11-3-6-13(17)14(18)7-11/h3,6-7,12H,4-5,8-9H2,1-2H3,(H,20,22)/t16-/m1/s1. The van der Waals surface area contributed by atoms with Crippen LogP contribution in [0, 0.1) is 17.2 Å². The average Bonchev–Trinajstić information content (AvgIpc) is 3.27. The second-order valence-corrected chi connectivity index (χ2v) is 6.87. The van der Waals surface area contributed by atoms with E-state index in [2.05, 4.69) is 11.4 Å². The number of hydrogen-bond acceptors (Lipinski definition) is 3. The molecule has 1 aliphatic carbocycles. The third-order valence-electron chi connectivity index (χ3n) is 3.88. The van der Waals surface area contributed by atoms with Crippen molar-refractivity contribution in [2.45, 2.75) is 31.8 Å². The quantitative estimate of drug-likeness (QED) is 0.865. The van der Waals surface area contributed by atoms with Gasteiger partial charge in [-0.1, -0.05) is 29.3 Å². The van der Waals surface area contributed by atoms with Gasteiger partial charge >= 0.3 is 0 Å². The number of carbonyl (C=O) groups is 1. The highest BCUT2D eigenvalue weighted by Gasteiger charge is 2.42. The topological polar surface area (TPSA) is 56.1 Å². The van der Waals surface area contributed by atoms with Crippen molar-refractivity contribution in [2.24, 2.45) is 5.92 Å². The van der Waals surface area contributed by atoms with E-state index in [4.69, 9.17) is 23.2 Å². The molecular weight excluding hydrogens is 321 g/mol. The lowest BCUT2D eigenvalue weighted by atomic mass is 9.98. The highest BCUT2D eigenvalue weighted by Crippen LogP contribution is 2.39. The second kappa shape index (κ2) is 6.87. The zero-order valence-electron chi connectivity index (χ0n) is 12.7. The summed E-state index contributed by atoms with van der Waals surface area (Å²) >= 11 is 11.9. The molecule has 4 nitrogen and oxygen atoms in total. The molecule has 0 saturated heterocycles. The maximum absolute atomic E-state index is 12.1. The Hall–Kier alpha value is -1.28. The van der Waals surface area contributed by atoms with Crippen LogP contribution in [0.3, 0.4) is 0 Å². The zero-order valence-corrected chi connectivity index (χ0v) is 14.2. The minimum Gasteiger partial charge on any atom is -0.337 e. The molecular formula is C16H19Cl2N3O. The van der Waals surface area contributed by atoms with E-state index in [1.54, 1.807) is 19.1 Å². The SMILES string of the molecule is CN(CC(=O)N[C@](C)(C#N)C1CC1)Cc1ccc(Cl)c(Cl)c1. The molecule has 22 heavy (non-hydrogen) atoms. The number of carbonyl (C=O) groups excluding carboxylic acids is 1. The maximum Gasteiger partial charge on any atom is 0.235 e. The summed E-state index contributed by atoms with van der Waals surface area (Å²) in [5.74, 6) is 0.139. The molecule has 118 valence electrons. The molecule has 0 heterocycles. The zero-order chi connectivity index (χ0) is 16.3. The summed E-state index contributed by atoms with van der Waals surface area (Å²) in [6, 6.07) is 7.64. The Balaban J connectivity index is 1.88. The van der Waals surface area contributed by atoms with E-state index >= 15 is 0 Å². The van der Waals surface area contributed by atoms with E-state index in [0.29, 0.717) is 16.6 Å². The Labute approximate surface area is 141 Å². The van der Waals surface area contributed by atoms with Gasteiger partial charge in [-0.2, -0.15) is 5.26 Å². The van der Waals surface area contributed by atoms with Crippen LogP contribution in [0.5, 0.6) is 0 Å². The molecule has 1 aromatic rings. The van der Waals surface area contributed by atoms with Crippen molar-refractivity contribution >= 4 is 29.1 Å². The third kappa shape index (κ3) is 4.36. The van der Waals surface area contributed by atoms with Crippen molar-refractivity contribution in [1.82, 2.24) is 10.2 Å². The van der Waals surface area contributed by atoms with Gasteiger partial charge in [0.2, 0.25) is 5.91 Å². The van der Waals surface area contributed by atoms with E-state index in [0.717, 1.165) is 18.4 Å². The van der Waals surface area contributed by atoms with Gasteiger partial charge in [0.05, 0.1) is 22.7 Å².